The minimum Gasteiger partial charge on any atom is -0.378 e. The summed E-state index contributed by atoms with van der Waals surface area (Å²) in [5.41, 5.74) is 4.80. The predicted molar refractivity (Wildman–Crippen MR) is 84.6 cm³/mol. The van der Waals surface area contributed by atoms with Crippen LogP contribution in [-0.4, -0.2) is 14.8 Å². The van der Waals surface area contributed by atoms with Crippen LogP contribution in [0, 0.1) is 13.8 Å². The van der Waals surface area contributed by atoms with E-state index in [1.54, 1.807) is 17.1 Å². The number of rotatable bonds is 4. The van der Waals surface area contributed by atoms with E-state index in [0.29, 0.717) is 0 Å². The first-order valence-electron chi connectivity index (χ1n) is 6.98. The maximum absolute atomic E-state index is 4.41. The number of benzene rings is 1. The van der Waals surface area contributed by atoms with Gasteiger partial charge in [0, 0.05) is 25.1 Å². The van der Waals surface area contributed by atoms with Crippen LogP contribution in [0.4, 0.5) is 5.69 Å². The van der Waals surface area contributed by atoms with Crippen molar-refractivity contribution in [3.05, 3.63) is 71.7 Å². The Labute approximate surface area is 124 Å². The fraction of sp³-hybridized carbons (Fsp3) is 0.176. The molecule has 3 rings (SSSR count). The molecule has 0 saturated heterocycles. The molecule has 106 valence electrons. The van der Waals surface area contributed by atoms with Crippen LogP contribution >= 0.6 is 0 Å². The fourth-order valence-electron chi connectivity index (χ4n) is 2.48. The third-order valence-corrected chi connectivity index (χ3v) is 3.27. The maximum Gasteiger partial charge on any atom is 0.176 e. The lowest BCUT2D eigenvalue weighted by Crippen LogP contribution is -2.06. The number of hydrogen-bond acceptors (Lipinski definition) is 3. The predicted octanol–water partition coefficient (Wildman–Crippen LogP) is 3.50. The molecular weight excluding hydrogens is 260 g/mol. The first-order chi connectivity index (χ1) is 10.2. The Bertz CT molecular complexity index is 712. The highest BCUT2D eigenvalue weighted by atomic mass is 15.3. The number of nitrogens with zero attached hydrogens (tertiary/aromatic N) is 3. The molecule has 0 aliphatic heterocycles. The number of hydrogen-bond donors (Lipinski definition) is 1. The summed E-state index contributed by atoms with van der Waals surface area (Å²) in [6.07, 6.45) is 5.42. The molecule has 1 aromatic carbocycles. The molecule has 0 amide bonds. The highest BCUT2D eigenvalue weighted by molar-refractivity contribution is 5.56. The molecule has 0 bridgehead atoms. The summed E-state index contributed by atoms with van der Waals surface area (Å²) in [6, 6.07) is 12.4. The van der Waals surface area contributed by atoms with E-state index in [2.05, 4.69) is 47.4 Å². The molecule has 21 heavy (non-hydrogen) atoms. The van der Waals surface area contributed by atoms with Crippen LogP contribution in [-0.2, 0) is 6.54 Å². The van der Waals surface area contributed by atoms with Gasteiger partial charge in [0.1, 0.15) is 0 Å². The van der Waals surface area contributed by atoms with Crippen LogP contribution in [0.3, 0.4) is 0 Å². The second-order valence-electron chi connectivity index (χ2n) is 5.17. The van der Waals surface area contributed by atoms with E-state index in [1.807, 2.05) is 24.4 Å². The third-order valence-electron chi connectivity index (χ3n) is 3.27. The second kappa shape index (κ2) is 5.79. The van der Waals surface area contributed by atoms with Crippen molar-refractivity contribution < 1.29 is 0 Å². The Morgan fingerprint density at radius 3 is 2.57 bits per heavy atom. The molecule has 0 aliphatic carbocycles. The Kier molecular flexibility index (Phi) is 3.69. The van der Waals surface area contributed by atoms with E-state index in [-0.39, 0.29) is 0 Å². The monoisotopic (exact) mass is 278 g/mol. The van der Waals surface area contributed by atoms with Gasteiger partial charge >= 0.3 is 0 Å². The lowest BCUT2D eigenvalue weighted by atomic mass is 10.1. The molecule has 3 aromatic rings. The third kappa shape index (κ3) is 3.11. The van der Waals surface area contributed by atoms with Gasteiger partial charge in [-0.05, 0) is 37.6 Å². The SMILES string of the molecule is Cc1cc(C)cc(CNc2cccnc2-n2cccn2)c1. The van der Waals surface area contributed by atoms with Gasteiger partial charge in [0.2, 0.25) is 0 Å². The zero-order valence-corrected chi connectivity index (χ0v) is 12.2. The smallest absolute Gasteiger partial charge is 0.176 e. The minimum absolute atomic E-state index is 0.766. The number of pyridine rings is 1. The summed E-state index contributed by atoms with van der Waals surface area (Å²) in [4.78, 5) is 4.41. The lowest BCUT2D eigenvalue weighted by molar-refractivity contribution is 0.846. The van der Waals surface area contributed by atoms with Crippen LogP contribution in [0.1, 0.15) is 16.7 Å². The Hall–Kier alpha value is -2.62. The molecule has 2 aromatic heterocycles. The van der Waals surface area contributed by atoms with Gasteiger partial charge in [0.25, 0.3) is 0 Å². The molecule has 0 radical (unpaired) electrons. The molecule has 4 nitrogen and oxygen atoms in total. The van der Waals surface area contributed by atoms with Gasteiger partial charge in [-0.1, -0.05) is 29.3 Å². The summed E-state index contributed by atoms with van der Waals surface area (Å²) in [7, 11) is 0. The van der Waals surface area contributed by atoms with Gasteiger partial charge in [-0.3, -0.25) is 0 Å². The first-order valence-corrected chi connectivity index (χ1v) is 6.98. The Balaban J connectivity index is 1.82. The molecule has 0 aliphatic rings. The van der Waals surface area contributed by atoms with Crippen molar-refractivity contribution >= 4 is 5.69 Å². The summed E-state index contributed by atoms with van der Waals surface area (Å²) >= 11 is 0. The summed E-state index contributed by atoms with van der Waals surface area (Å²) in [6.45, 7) is 5.01. The second-order valence-corrected chi connectivity index (χ2v) is 5.17. The van der Waals surface area contributed by atoms with Gasteiger partial charge < -0.3 is 5.32 Å². The summed E-state index contributed by atoms with van der Waals surface area (Å²) in [5.74, 6) is 0.812. The van der Waals surface area contributed by atoms with E-state index in [9.17, 15) is 0 Å². The Morgan fingerprint density at radius 2 is 1.86 bits per heavy atom. The van der Waals surface area contributed by atoms with Crippen LogP contribution in [0.5, 0.6) is 0 Å². The molecule has 0 unspecified atom stereocenters. The highest BCUT2D eigenvalue weighted by Crippen LogP contribution is 2.18. The average molecular weight is 278 g/mol. The Morgan fingerprint density at radius 1 is 1.05 bits per heavy atom. The summed E-state index contributed by atoms with van der Waals surface area (Å²) in [5, 5.41) is 7.69. The van der Waals surface area contributed by atoms with Crippen LogP contribution in [0.15, 0.2) is 55.0 Å². The first kappa shape index (κ1) is 13.4. The number of aromatic nitrogens is 3. The van der Waals surface area contributed by atoms with Gasteiger partial charge in [-0.15, -0.1) is 0 Å². The van der Waals surface area contributed by atoms with E-state index in [4.69, 9.17) is 0 Å². The van der Waals surface area contributed by atoms with E-state index in [0.717, 1.165) is 18.1 Å². The molecule has 0 spiro atoms. The van der Waals surface area contributed by atoms with Crippen LogP contribution < -0.4 is 5.32 Å². The van der Waals surface area contributed by atoms with Crippen LogP contribution in [0.25, 0.3) is 5.82 Å². The lowest BCUT2D eigenvalue weighted by Gasteiger charge is -2.12. The van der Waals surface area contributed by atoms with Crippen molar-refractivity contribution in [1.29, 1.82) is 0 Å². The largest absolute Gasteiger partial charge is 0.378 e. The molecule has 0 fully saturated rings. The molecule has 4 heteroatoms. The van der Waals surface area contributed by atoms with Crippen molar-refractivity contribution in [1.82, 2.24) is 14.8 Å². The van der Waals surface area contributed by atoms with Crippen LogP contribution in [0.2, 0.25) is 0 Å². The quantitative estimate of drug-likeness (QED) is 0.794. The summed E-state index contributed by atoms with van der Waals surface area (Å²) < 4.78 is 1.77. The van der Waals surface area contributed by atoms with Crippen molar-refractivity contribution in [2.24, 2.45) is 0 Å². The molecular formula is C17H18N4. The number of nitrogens with one attached hydrogen (secondary N) is 1. The fourth-order valence-corrected chi connectivity index (χ4v) is 2.48. The van der Waals surface area contributed by atoms with Crippen molar-refractivity contribution in [3.63, 3.8) is 0 Å². The van der Waals surface area contributed by atoms with E-state index >= 15 is 0 Å². The molecule has 1 N–H and O–H groups in total. The van der Waals surface area contributed by atoms with Gasteiger partial charge in [0.15, 0.2) is 5.82 Å². The maximum atomic E-state index is 4.41. The van der Waals surface area contributed by atoms with Crippen molar-refractivity contribution in [2.45, 2.75) is 20.4 Å². The molecule has 2 heterocycles. The molecule has 0 saturated carbocycles. The number of anilines is 1. The normalized spacial score (nSPS) is 10.6. The van der Waals surface area contributed by atoms with E-state index < -0.39 is 0 Å². The van der Waals surface area contributed by atoms with Crippen molar-refractivity contribution in [2.75, 3.05) is 5.32 Å². The van der Waals surface area contributed by atoms with Gasteiger partial charge in [-0.25, -0.2) is 9.67 Å². The van der Waals surface area contributed by atoms with Gasteiger partial charge in [-0.2, -0.15) is 5.10 Å². The molecule has 0 atom stereocenters. The number of aryl methyl sites for hydroxylation is 2. The van der Waals surface area contributed by atoms with Gasteiger partial charge in [0.05, 0.1) is 5.69 Å². The zero-order chi connectivity index (χ0) is 14.7. The topological polar surface area (TPSA) is 42.7 Å². The van der Waals surface area contributed by atoms with E-state index in [1.165, 1.54) is 16.7 Å². The minimum atomic E-state index is 0.766. The highest BCUT2D eigenvalue weighted by Gasteiger charge is 2.05. The van der Waals surface area contributed by atoms with Crippen molar-refractivity contribution in [3.8, 4) is 5.82 Å². The standard InChI is InChI=1S/C17H18N4/c1-13-9-14(2)11-15(10-13)12-19-16-5-3-6-18-17(16)21-8-4-7-20-21/h3-11,19H,12H2,1-2H3. The zero-order valence-electron chi connectivity index (χ0n) is 12.2. The average Bonchev–Trinajstić information content (AvgIpc) is 2.98.